The van der Waals surface area contributed by atoms with Gasteiger partial charge in [0.15, 0.2) is 0 Å². The lowest BCUT2D eigenvalue weighted by atomic mass is 10.4. The minimum atomic E-state index is -0.245. The molecule has 0 amide bonds. The Morgan fingerprint density at radius 2 is 2.36 bits per heavy atom. The molecule has 0 fully saturated rings. The van der Waals surface area contributed by atoms with Crippen molar-refractivity contribution in [1.29, 1.82) is 0 Å². The first-order valence-corrected chi connectivity index (χ1v) is 4.04. The molecule has 0 aliphatic rings. The number of hydrogen-bond donors (Lipinski definition) is 1. The van der Waals surface area contributed by atoms with E-state index in [0.717, 1.165) is 6.54 Å². The van der Waals surface area contributed by atoms with Crippen LogP contribution in [-0.2, 0) is 9.53 Å². The van der Waals surface area contributed by atoms with Crippen molar-refractivity contribution < 1.29 is 9.53 Å². The smallest absolute Gasteiger partial charge is 0.302 e. The van der Waals surface area contributed by atoms with E-state index >= 15 is 0 Å². The molecule has 0 saturated carbocycles. The van der Waals surface area contributed by atoms with Crippen molar-refractivity contribution >= 4 is 17.6 Å². The highest BCUT2D eigenvalue weighted by Crippen LogP contribution is 1.88. The van der Waals surface area contributed by atoms with E-state index in [1.165, 1.54) is 6.92 Å². The number of rotatable bonds is 5. The summed E-state index contributed by atoms with van der Waals surface area (Å²) in [7, 11) is 0. The van der Waals surface area contributed by atoms with Crippen molar-refractivity contribution in [2.24, 2.45) is 0 Å². The van der Waals surface area contributed by atoms with E-state index in [1.54, 1.807) is 0 Å². The Hall–Kier alpha value is -0.280. The summed E-state index contributed by atoms with van der Waals surface area (Å²) in [5.74, 6) is -0.245. The van der Waals surface area contributed by atoms with Crippen LogP contribution < -0.4 is 5.32 Å². The maximum Gasteiger partial charge on any atom is 0.302 e. The summed E-state index contributed by atoms with van der Waals surface area (Å²) in [6, 6.07) is 0. The van der Waals surface area contributed by atoms with Gasteiger partial charge in [0.25, 0.3) is 0 Å². The fourth-order valence-electron chi connectivity index (χ4n) is 0.568. The third kappa shape index (κ3) is 9.72. The summed E-state index contributed by atoms with van der Waals surface area (Å²) in [4.78, 5) is 10.3. The van der Waals surface area contributed by atoms with Crippen LogP contribution in [-0.4, -0.2) is 31.0 Å². The lowest BCUT2D eigenvalue weighted by Crippen LogP contribution is -2.25. The molecule has 0 aromatic rings. The number of ether oxygens (including phenoxy) is 1. The zero-order valence-electron chi connectivity index (χ0n) is 6.89. The van der Waals surface area contributed by atoms with Crippen LogP contribution >= 0.6 is 11.6 Å². The average Bonchev–Trinajstić information content (AvgIpc) is 1.85. The minimum Gasteiger partial charge on any atom is -0.465 e. The molecule has 3 nitrogen and oxygen atoms in total. The summed E-state index contributed by atoms with van der Waals surface area (Å²) in [5, 5.41) is 3.15. The van der Waals surface area contributed by atoms with Gasteiger partial charge in [-0.15, -0.1) is 11.6 Å². The molecular formula is C7H14ClNO2. The Balaban J connectivity index is 2.97. The molecule has 0 bridgehead atoms. The topological polar surface area (TPSA) is 38.3 Å². The molecule has 1 N–H and O–H groups in total. The lowest BCUT2D eigenvalue weighted by molar-refractivity contribution is -0.140. The summed E-state index contributed by atoms with van der Waals surface area (Å²) >= 11 is 5.65. The van der Waals surface area contributed by atoms with Crippen molar-refractivity contribution in [3.63, 3.8) is 0 Å². The van der Waals surface area contributed by atoms with Crippen LogP contribution in [0.15, 0.2) is 0 Å². The highest BCUT2D eigenvalue weighted by atomic mass is 35.5. The fraction of sp³-hybridized carbons (Fsp3) is 0.857. The molecule has 0 aromatic carbocycles. The standard InChI is InChI=1S/C7H14ClNO2/c1-6(8)5-9-3-4-11-7(2)10/h6,9H,3-5H2,1-2H3. The van der Waals surface area contributed by atoms with Crippen LogP contribution in [0.1, 0.15) is 13.8 Å². The number of halogens is 1. The molecule has 11 heavy (non-hydrogen) atoms. The van der Waals surface area contributed by atoms with Gasteiger partial charge in [-0.05, 0) is 6.92 Å². The summed E-state index contributed by atoms with van der Waals surface area (Å²) in [6.07, 6.45) is 0. The number of esters is 1. The van der Waals surface area contributed by atoms with Gasteiger partial charge in [-0.1, -0.05) is 0 Å². The van der Waals surface area contributed by atoms with Crippen molar-refractivity contribution in [3.8, 4) is 0 Å². The van der Waals surface area contributed by atoms with Gasteiger partial charge in [0.2, 0.25) is 0 Å². The lowest BCUT2D eigenvalue weighted by Gasteiger charge is -2.05. The second-order valence-electron chi connectivity index (χ2n) is 2.32. The second kappa shape index (κ2) is 6.43. The Bertz CT molecular complexity index is 117. The second-order valence-corrected chi connectivity index (χ2v) is 3.07. The molecule has 0 spiro atoms. The number of hydrogen-bond acceptors (Lipinski definition) is 3. The molecule has 1 unspecified atom stereocenters. The highest BCUT2D eigenvalue weighted by molar-refractivity contribution is 6.20. The molecule has 0 aliphatic heterocycles. The molecule has 1 atom stereocenters. The predicted octanol–water partition coefficient (Wildman–Crippen LogP) is 0.766. The van der Waals surface area contributed by atoms with Crippen LogP contribution in [0.4, 0.5) is 0 Å². The molecule has 4 heteroatoms. The normalized spacial score (nSPS) is 12.6. The maximum atomic E-state index is 10.3. The molecule has 0 aliphatic carbocycles. The van der Waals surface area contributed by atoms with Crippen LogP contribution in [0.3, 0.4) is 0 Å². The van der Waals surface area contributed by atoms with E-state index in [1.807, 2.05) is 6.92 Å². The molecule has 0 aromatic heterocycles. The molecular weight excluding hydrogens is 166 g/mol. The van der Waals surface area contributed by atoms with Gasteiger partial charge < -0.3 is 10.1 Å². The van der Waals surface area contributed by atoms with Crippen molar-refractivity contribution in [2.45, 2.75) is 19.2 Å². The van der Waals surface area contributed by atoms with Crippen molar-refractivity contribution in [3.05, 3.63) is 0 Å². The number of nitrogens with one attached hydrogen (secondary N) is 1. The minimum absolute atomic E-state index is 0.118. The Labute approximate surface area is 72.1 Å². The van der Waals surface area contributed by atoms with Crippen molar-refractivity contribution in [1.82, 2.24) is 5.32 Å². The monoisotopic (exact) mass is 179 g/mol. The third-order valence-corrected chi connectivity index (χ3v) is 1.16. The van der Waals surface area contributed by atoms with Gasteiger partial charge in [0.1, 0.15) is 6.61 Å². The summed E-state index contributed by atoms with van der Waals surface area (Å²) in [6.45, 7) is 5.11. The van der Waals surface area contributed by atoms with Gasteiger partial charge in [-0.3, -0.25) is 4.79 Å². The predicted molar refractivity (Wildman–Crippen MR) is 44.8 cm³/mol. The first kappa shape index (κ1) is 10.7. The maximum absolute atomic E-state index is 10.3. The summed E-state index contributed by atoms with van der Waals surface area (Å²) in [5.41, 5.74) is 0. The first-order valence-electron chi connectivity index (χ1n) is 3.61. The quantitative estimate of drug-likeness (QED) is 0.385. The fourth-order valence-corrected chi connectivity index (χ4v) is 0.677. The molecule has 0 saturated heterocycles. The Morgan fingerprint density at radius 1 is 1.73 bits per heavy atom. The number of carbonyl (C=O) groups is 1. The van der Waals surface area contributed by atoms with Crippen molar-refractivity contribution in [2.75, 3.05) is 19.7 Å². The first-order chi connectivity index (χ1) is 5.13. The SMILES string of the molecule is CC(=O)OCCNCC(C)Cl. The largest absolute Gasteiger partial charge is 0.465 e. The van der Waals surface area contributed by atoms with E-state index in [-0.39, 0.29) is 11.3 Å². The number of alkyl halides is 1. The van der Waals surface area contributed by atoms with Crippen LogP contribution in [0, 0.1) is 0 Å². The van der Waals surface area contributed by atoms with Gasteiger partial charge >= 0.3 is 5.97 Å². The molecule has 0 rings (SSSR count). The van der Waals surface area contributed by atoms with E-state index in [2.05, 4.69) is 10.1 Å². The highest BCUT2D eigenvalue weighted by Gasteiger charge is 1.95. The van der Waals surface area contributed by atoms with E-state index in [9.17, 15) is 4.79 Å². The van der Waals surface area contributed by atoms with Gasteiger partial charge in [-0.2, -0.15) is 0 Å². The van der Waals surface area contributed by atoms with Gasteiger partial charge in [-0.25, -0.2) is 0 Å². The van der Waals surface area contributed by atoms with Crippen LogP contribution in [0.25, 0.3) is 0 Å². The van der Waals surface area contributed by atoms with Crippen LogP contribution in [0.5, 0.6) is 0 Å². The zero-order chi connectivity index (χ0) is 8.69. The Morgan fingerprint density at radius 3 is 2.82 bits per heavy atom. The number of carbonyl (C=O) groups excluding carboxylic acids is 1. The van der Waals surface area contributed by atoms with Gasteiger partial charge in [0, 0.05) is 25.4 Å². The zero-order valence-corrected chi connectivity index (χ0v) is 7.65. The third-order valence-electron chi connectivity index (χ3n) is 1.01. The summed E-state index contributed by atoms with van der Waals surface area (Å²) < 4.78 is 4.68. The van der Waals surface area contributed by atoms with E-state index < -0.39 is 0 Å². The molecule has 66 valence electrons. The Kier molecular flexibility index (Phi) is 6.27. The van der Waals surface area contributed by atoms with E-state index in [4.69, 9.17) is 11.6 Å². The average molecular weight is 180 g/mol. The molecule has 0 radical (unpaired) electrons. The van der Waals surface area contributed by atoms with Gasteiger partial charge in [0.05, 0.1) is 0 Å². The van der Waals surface area contributed by atoms with E-state index in [0.29, 0.717) is 13.2 Å². The molecule has 0 heterocycles. The van der Waals surface area contributed by atoms with Crippen LogP contribution in [0.2, 0.25) is 0 Å².